The van der Waals surface area contributed by atoms with Crippen molar-refractivity contribution in [2.24, 2.45) is 5.73 Å². The molecule has 1 saturated heterocycles. The average molecular weight is 240 g/mol. The number of hydrogen-bond acceptors (Lipinski definition) is 4. The van der Waals surface area contributed by atoms with Gasteiger partial charge in [-0.1, -0.05) is 6.42 Å². The Bertz CT molecular complexity index is 213. The van der Waals surface area contributed by atoms with Gasteiger partial charge in [0, 0.05) is 51.4 Å². The zero-order valence-electron chi connectivity index (χ0n) is 11.2. The van der Waals surface area contributed by atoms with Gasteiger partial charge in [0.05, 0.1) is 0 Å². The molecule has 0 aromatic rings. The fourth-order valence-corrected chi connectivity index (χ4v) is 2.91. The lowest BCUT2D eigenvalue weighted by molar-refractivity contribution is 0.152. The van der Waals surface area contributed by atoms with Gasteiger partial charge in [-0.3, -0.25) is 4.90 Å². The van der Waals surface area contributed by atoms with E-state index >= 15 is 0 Å². The van der Waals surface area contributed by atoms with Crippen LogP contribution < -0.4 is 11.1 Å². The number of nitrogens with one attached hydrogen (secondary N) is 1. The molecule has 4 heteroatoms. The fraction of sp³-hybridized carbons (Fsp3) is 1.00. The van der Waals surface area contributed by atoms with Crippen molar-refractivity contribution in [2.75, 3.05) is 46.3 Å². The van der Waals surface area contributed by atoms with Gasteiger partial charge in [0.1, 0.15) is 0 Å². The molecule has 0 aromatic heterocycles. The van der Waals surface area contributed by atoms with Crippen LogP contribution in [0, 0.1) is 0 Å². The Morgan fingerprint density at radius 1 is 1.18 bits per heavy atom. The number of piperazine rings is 1. The molecule has 1 aliphatic carbocycles. The first kappa shape index (κ1) is 13.3. The van der Waals surface area contributed by atoms with Crippen LogP contribution in [0.4, 0.5) is 0 Å². The van der Waals surface area contributed by atoms with E-state index in [1.54, 1.807) is 0 Å². The summed E-state index contributed by atoms with van der Waals surface area (Å²) >= 11 is 0. The minimum absolute atomic E-state index is 0.435. The number of nitrogens with two attached hydrogens (primary N) is 1. The van der Waals surface area contributed by atoms with E-state index in [0.717, 1.165) is 6.54 Å². The molecule has 2 aliphatic rings. The molecule has 2 atom stereocenters. The average Bonchev–Trinajstić information content (AvgIpc) is 2.32. The molecule has 1 heterocycles. The molecule has 2 unspecified atom stereocenters. The molecule has 0 radical (unpaired) electrons. The molecule has 2 rings (SSSR count). The Kier molecular flexibility index (Phi) is 5.22. The van der Waals surface area contributed by atoms with Crippen molar-refractivity contribution in [1.82, 2.24) is 15.1 Å². The molecule has 3 N–H and O–H groups in total. The summed E-state index contributed by atoms with van der Waals surface area (Å²) in [4.78, 5) is 4.97. The van der Waals surface area contributed by atoms with Crippen molar-refractivity contribution in [3.05, 3.63) is 0 Å². The molecule has 4 nitrogen and oxygen atoms in total. The van der Waals surface area contributed by atoms with Crippen LogP contribution in [-0.4, -0.2) is 68.2 Å². The van der Waals surface area contributed by atoms with Crippen molar-refractivity contribution in [3.8, 4) is 0 Å². The van der Waals surface area contributed by atoms with Gasteiger partial charge in [-0.15, -0.1) is 0 Å². The van der Waals surface area contributed by atoms with Crippen LogP contribution in [0.1, 0.15) is 25.7 Å². The summed E-state index contributed by atoms with van der Waals surface area (Å²) in [5.74, 6) is 0. The third-order valence-corrected chi connectivity index (χ3v) is 4.17. The van der Waals surface area contributed by atoms with Gasteiger partial charge in [-0.2, -0.15) is 0 Å². The number of nitrogens with zero attached hydrogens (tertiary/aromatic N) is 2. The SMILES string of the molecule is CN1CCN(CCNC2CCCC(N)C2)CC1. The zero-order valence-corrected chi connectivity index (χ0v) is 11.2. The quantitative estimate of drug-likeness (QED) is 0.731. The molecule has 0 amide bonds. The van der Waals surface area contributed by atoms with Crippen molar-refractivity contribution in [3.63, 3.8) is 0 Å². The molecule has 1 aliphatic heterocycles. The van der Waals surface area contributed by atoms with Gasteiger partial charge in [0.25, 0.3) is 0 Å². The van der Waals surface area contributed by atoms with Crippen LogP contribution >= 0.6 is 0 Å². The van der Waals surface area contributed by atoms with Crippen LogP contribution in [0.15, 0.2) is 0 Å². The molecule has 1 saturated carbocycles. The minimum Gasteiger partial charge on any atom is -0.328 e. The first-order valence-electron chi connectivity index (χ1n) is 7.14. The third-order valence-electron chi connectivity index (χ3n) is 4.17. The maximum atomic E-state index is 6.00. The molecule has 17 heavy (non-hydrogen) atoms. The molecular formula is C13H28N4. The zero-order chi connectivity index (χ0) is 12.1. The summed E-state index contributed by atoms with van der Waals surface area (Å²) in [6, 6.07) is 1.11. The monoisotopic (exact) mass is 240 g/mol. The lowest BCUT2D eigenvalue weighted by Gasteiger charge is -2.33. The highest BCUT2D eigenvalue weighted by Crippen LogP contribution is 2.16. The minimum atomic E-state index is 0.435. The first-order valence-corrected chi connectivity index (χ1v) is 7.14. The summed E-state index contributed by atoms with van der Waals surface area (Å²) < 4.78 is 0. The van der Waals surface area contributed by atoms with Gasteiger partial charge in [-0.25, -0.2) is 0 Å². The van der Waals surface area contributed by atoms with Gasteiger partial charge in [-0.05, 0) is 26.3 Å². The Hall–Kier alpha value is -0.160. The first-order chi connectivity index (χ1) is 8.24. The van der Waals surface area contributed by atoms with E-state index < -0.39 is 0 Å². The van der Waals surface area contributed by atoms with E-state index in [9.17, 15) is 0 Å². The summed E-state index contributed by atoms with van der Waals surface area (Å²) in [6.07, 6.45) is 5.00. The Morgan fingerprint density at radius 2 is 1.94 bits per heavy atom. The van der Waals surface area contributed by atoms with E-state index in [4.69, 9.17) is 5.73 Å². The maximum absolute atomic E-state index is 6.00. The molecule has 0 aromatic carbocycles. The highest BCUT2D eigenvalue weighted by atomic mass is 15.2. The summed E-state index contributed by atoms with van der Waals surface area (Å²) in [6.45, 7) is 7.20. The van der Waals surface area contributed by atoms with Gasteiger partial charge in [0.2, 0.25) is 0 Å². The smallest absolute Gasteiger partial charge is 0.0110 e. The number of hydrogen-bond donors (Lipinski definition) is 2. The van der Waals surface area contributed by atoms with Crippen LogP contribution in [0.2, 0.25) is 0 Å². The lowest BCUT2D eigenvalue weighted by atomic mass is 9.92. The lowest BCUT2D eigenvalue weighted by Crippen LogP contribution is -2.48. The summed E-state index contributed by atoms with van der Waals surface area (Å²) in [7, 11) is 2.21. The van der Waals surface area contributed by atoms with Gasteiger partial charge < -0.3 is 16.0 Å². The number of likely N-dealkylation sites (N-methyl/N-ethyl adjacent to an activating group) is 1. The van der Waals surface area contributed by atoms with Crippen LogP contribution in [0.25, 0.3) is 0 Å². The predicted octanol–water partition coefficient (Wildman–Crippen LogP) is 0.0933. The summed E-state index contributed by atoms with van der Waals surface area (Å²) in [5.41, 5.74) is 6.00. The van der Waals surface area contributed by atoms with Crippen molar-refractivity contribution in [2.45, 2.75) is 37.8 Å². The van der Waals surface area contributed by atoms with E-state index in [0.29, 0.717) is 12.1 Å². The number of rotatable bonds is 4. The second-order valence-corrected chi connectivity index (χ2v) is 5.72. The molecule has 0 bridgehead atoms. The highest BCUT2D eigenvalue weighted by molar-refractivity contribution is 4.80. The van der Waals surface area contributed by atoms with Crippen LogP contribution in [0.5, 0.6) is 0 Å². The summed E-state index contributed by atoms with van der Waals surface area (Å²) in [5, 5.41) is 3.68. The van der Waals surface area contributed by atoms with E-state index in [2.05, 4.69) is 22.2 Å². The Morgan fingerprint density at radius 3 is 2.65 bits per heavy atom. The molecule has 0 spiro atoms. The standard InChI is InChI=1S/C13H28N4/c1-16-7-9-17(10-8-16)6-5-15-13-4-2-3-12(14)11-13/h12-13,15H,2-11,14H2,1H3. The maximum Gasteiger partial charge on any atom is 0.0110 e. The third kappa shape index (κ3) is 4.54. The van der Waals surface area contributed by atoms with Gasteiger partial charge >= 0.3 is 0 Å². The Balaban J connectivity index is 1.56. The highest BCUT2D eigenvalue weighted by Gasteiger charge is 2.19. The largest absolute Gasteiger partial charge is 0.328 e. The predicted molar refractivity (Wildman–Crippen MR) is 72.2 cm³/mol. The van der Waals surface area contributed by atoms with Crippen molar-refractivity contribution < 1.29 is 0 Å². The van der Waals surface area contributed by atoms with Crippen LogP contribution in [-0.2, 0) is 0 Å². The molecule has 2 fully saturated rings. The molecule has 100 valence electrons. The van der Waals surface area contributed by atoms with E-state index in [1.807, 2.05) is 0 Å². The topological polar surface area (TPSA) is 44.5 Å². The van der Waals surface area contributed by atoms with E-state index in [1.165, 1.54) is 58.4 Å². The van der Waals surface area contributed by atoms with Crippen molar-refractivity contribution >= 4 is 0 Å². The van der Waals surface area contributed by atoms with E-state index in [-0.39, 0.29) is 0 Å². The second kappa shape index (κ2) is 6.69. The van der Waals surface area contributed by atoms with Crippen molar-refractivity contribution in [1.29, 1.82) is 0 Å². The second-order valence-electron chi connectivity index (χ2n) is 5.72. The Labute approximate surface area is 106 Å². The van der Waals surface area contributed by atoms with Gasteiger partial charge in [0.15, 0.2) is 0 Å². The van der Waals surface area contributed by atoms with Crippen LogP contribution in [0.3, 0.4) is 0 Å². The molecular weight excluding hydrogens is 212 g/mol. The normalized spacial score (nSPS) is 32.8. The fourth-order valence-electron chi connectivity index (χ4n) is 2.91.